The van der Waals surface area contributed by atoms with E-state index < -0.39 is 5.60 Å². The zero-order valence-corrected chi connectivity index (χ0v) is 8.37. The molecule has 0 radical (unpaired) electrons. The molecule has 0 saturated heterocycles. The van der Waals surface area contributed by atoms with Crippen LogP contribution in [0.4, 0.5) is 5.69 Å². The van der Waals surface area contributed by atoms with E-state index in [1.807, 2.05) is 24.3 Å². The second-order valence-electron chi connectivity index (χ2n) is 4.22. The molecule has 0 aromatic heterocycles. The number of rotatable bonds is 1. The summed E-state index contributed by atoms with van der Waals surface area (Å²) in [6.07, 6.45) is 5.22. The Labute approximate surface area is 84.7 Å². The van der Waals surface area contributed by atoms with Crippen LogP contribution in [0, 0.1) is 0 Å². The van der Waals surface area contributed by atoms with Crippen LogP contribution in [0.2, 0.25) is 0 Å². The summed E-state index contributed by atoms with van der Waals surface area (Å²) in [5.41, 5.74) is 6.82. The molecule has 0 heterocycles. The number of nitrogens with two attached hydrogens (primary N) is 1. The number of hydrogen-bond acceptors (Lipinski definition) is 2. The lowest BCUT2D eigenvalue weighted by Gasteiger charge is -2.32. The minimum Gasteiger partial charge on any atom is -0.399 e. The van der Waals surface area contributed by atoms with E-state index in [1.165, 1.54) is 6.42 Å². The first-order chi connectivity index (χ1) is 6.71. The van der Waals surface area contributed by atoms with Crippen LogP contribution in [0.25, 0.3) is 0 Å². The van der Waals surface area contributed by atoms with E-state index in [1.54, 1.807) is 0 Å². The summed E-state index contributed by atoms with van der Waals surface area (Å²) in [6, 6.07) is 7.64. The van der Waals surface area contributed by atoms with Crippen molar-refractivity contribution >= 4 is 5.69 Å². The highest BCUT2D eigenvalue weighted by Crippen LogP contribution is 2.37. The van der Waals surface area contributed by atoms with Gasteiger partial charge in [0.2, 0.25) is 0 Å². The average Bonchev–Trinajstić information content (AvgIpc) is 2.19. The molecule has 1 aromatic rings. The molecule has 0 aliphatic heterocycles. The zero-order chi connectivity index (χ0) is 10.0. The van der Waals surface area contributed by atoms with Gasteiger partial charge in [-0.2, -0.15) is 0 Å². The second-order valence-corrected chi connectivity index (χ2v) is 4.22. The molecule has 0 amide bonds. The first kappa shape index (κ1) is 9.53. The maximum atomic E-state index is 10.4. The maximum absolute atomic E-state index is 10.4. The van der Waals surface area contributed by atoms with E-state index >= 15 is 0 Å². The van der Waals surface area contributed by atoms with Crippen LogP contribution >= 0.6 is 0 Å². The quantitative estimate of drug-likeness (QED) is 0.670. The van der Waals surface area contributed by atoms with Crippen LogP contribution in [0.5, 0.6) is 0 Å². The number of aliphatic hydroxyl groups is 1. The Morgan fingerprint density at radius 3 is 2.50 bits per heavy atom. The molecule has 1 fully saturated rings. The summed E-state index contributed by atoms with van der Waals surface area (Å²) in [5, 5.41) is 10.4. The number of hydrogen-bond donors (Lipinski definition) is 2. The smallest absolute Gasteiger partial charge is 0.0897 e. The fraction of sp³-hybridized carbons (Fsp3) is 0.500. The summed E-state index contributed by atoms with van der Waals surface area (Å²) in [7, 11) is 0. The fourth-order valence-electron chi connectivity index (χ4n) is 2.25. The molecular weight excluding hydrogens is 174 g/mol. The van der Waals surface area contributed by atoms with Gasteiger partial charge in [0.15, 0.2) is 0 Å². The van der Waals surface area contributed by atoms with Gasteiger partial charge in [0, 0.05) is 5.69 Å². The molecule has 76 valence electrons. The Morgan fingerprint density at radius 2 is 1.86 bits per heavy atom. The highest BCUT2D eigenvalue weighted by molar-refractivity contribution is 5.42. The van der Waals surface area contributed by atoms with Gasteiger partial charge in [-0.05, 0) is 30.5 Å². The SMILES string of the molecule is Nc1cccc(C2(O)CCCCC2)c1. The van der Waals surface area contributed by atoms with Gasteiger partial charge in [-0.15, -0.1) is 0 Å². The molecular formula is C12H17NO. The predicted octanol–water partition coefficient (Wildman–Crippen LogP) is 2.42. The molecule has 0 spiro atoms. The van der Waals surface area contributed by atoms with Crippen LogP contribution in [0.3, 0.4) is 0 Å². The van der Waals surface area contributed by atoms with Crippen LogP contribution in [-0.2, 0) is 5.60 Å². The molecule has 2 heteroatoms. The Balaban J connectivity index is 2.28. The largest absolute Gasteiger partial charge is 0.399 e. The summed E-state index contributed by atoms with van der Waals surface area (Å²) < 4.78 is 0. The van der Waals surface area contributed by atoms with Gasteiger partial charge in [-0.3, -0.25) is 0 Å². The van der Waals surface area contributed by atoms with Gasteiger partial charge >= 0.3 is 0 Å². The van der Waals surface area contributed by atoms with Crippen LogP contribution in [0.15, 0.2) is 24.3 Å². The monoisotopic (exact) mass is 191 g/mol. The lowest BCUT2D eigenvalue weighted by atomic mass is 9.80. The Kier molecular flexibility index (Phi) is 2.46. The third-order valence-corrected chi connectivity index (χ3v) is 3.10. The van der Waals surface area contributed by atoms with Gasteiger partial charge in [-0.25, -0.2) is 0 Å². The molecule has 3 N–H and O–H groups in total. The van der Waals surface area contributed by atoms with E-state index in [0.717, 1.165) is 36.9 Å². The molecule has 14 heavy (non-hydrogen) atoms. The number of anilines is 1. The van der Waals surface area contributed by atoms with Gasteiger partial charge < -0.3 is 10.8 Å². The summed E-state index contributed by atoms with van der Waals surface area (Å²) in [6.45, 7) is 0. The molecule has 1 aromatic carbocycles. The Bertz CT molecular complexity index is 316. The number of benzene rings is 1. The van der Waals surface area contributed by atoms with Crippen molar-refractivity contribution in [3.8, 4) is 0 Å². The summed E-state index contributed by atoms with van der Waals surface area (Å²) in [4.78, 5) is 0. The Hall–Kier alpha value is -1.02. The van der Waals surface area contributed by atoms with E-state index in [0.29, 0.717) is 0 Å². The molecule has 0 atom stereocenters. The van der Waals surface area contributed by atoms with Crippen LogP contribution in [-0.4, -0.2) is 5.11 Å². The van der Waals surface area contributed by atoms with Gasteiger partial charge in [0.05, 0.1) is 5.60 Å². The predicted molar refractivity (Wildman–Crippen MR) is 57.8 cm³/mol. The zero-order valence-electron chi connectivity index (χ0n) is 8.37. The number of nitrogen functional groups attached to an aromatic ring is 1. The molecule has 1 saturated carbocycles. The normalized spacial score (nSPS) is 20.6. The summed E-state index contributed by atoms with van der Waals surface area (Å²) >= 11 is 0. The van der Waals surface area contributed by atoms with Crippen molar-refractivity contribution in [2.45, 2.75) is 37.7 Å². The van der Waals surface area contributed by atoms with E-state index in [4.69, 9.17) is 5.73 Å². The minimum absolute atomic E-state index is 0.617. The van der Waals surface area contributed by atoms with Crippen molar-refractivity contribution in [3.05, 3.63) is 29.8 Å². The minimum atomic E-state index is -0.617. The first-order valence-electron chi connectivity index (χ1n) is 5.29. The lowest BCUT2D eigenvalue weighted by molar-refractivity contribution is -0.000576. The third-order valence-electron chi connectivity index (χ3n) is 3.10. The second kappa shape index (κ2) is 3.62. The molecule has 0 bridgehead atoms. The van der Waals surface area contributed by atoms with E-state index in [9.17, 15) is 5.11 Å². The van der Waals surface area contributed by atoms with Crippen molar-refractivity contribution in [2.75, 3.05) is 5.73 Å². The Morgan fingerprint density at radius 1 is 1.14 bits per heavy atom. The van der Waals surface area contributed by atoms with Crippen LogP contribution in [0.1, 0.15) is 37.7 Å². The van der Waals surface area contributed by atoms with Crippen LogP contribution < -0.4 is 5.73 Å². The summed E-state index contributed by atoms with van der Waals surface area (Å²) in [5.74, 6) is 0. The third kappa shape index (κ3) is 1.75. The van der Waals surface area contributed by atoms with Gasteiger partial charge in [0.1, 0.15) is 0 Å². The highest BCUT2D eigenvalue weighted by Gasteiger charge is 2.30. The van der Waals surface area contributed by atoms with E-state index in [2.05, 4.69) is 0 Å². The standard InChI is InChI=1S/C12H17NO/c13-11-6-4-5-10(9-11)12(14)7-2-1-3-8-12/h4-6,9,14H,1-3,7-8,13H2. The molecule has 2 nitrogen and oxygen atoms in total. The fourth-order valence-corrected chi connectivity index (χ4v) is 2.25. The topological polar surface area (TPSA) is 46.2 Å². The van der Waals surface area contributed by atoms with Crippen molar-refractivity contribution in [1.82, 2.24) is 0 Å². The highest BCUT2D eigenvalue weighted by atomic mass is 16.3. The maximum Gasteiger partial charge on any atom is 0.0897 e. The van der Waals surface area contributed by atoms with Crippen molar-refractivity contribution < 1.29 is 5.11 Å². The lowest BCUT2D eigenvalue weighted by Crippen LogP contribution is -2.28. The average molecular weight is 191 g/mol. The van der Waals surface area contributed by atoms with Crippen molar-refractivity contribution in [1.29, 1.82) is 0 Å². The van der Waals surface area contributed by atoms with Crippen molar-refractivity contribution in [3.63, 3.8) is 0 Å². The van der Waals surface area contributed by atoms with Crippen molar-refractivity contribution in [2.24, 2.45) is 0 Å². The molecule has 1 aliphatic rings. The van der Waals surface area contributed by atoms with E-state index in [-0.39, 0.29) is 0 Å². The molecule has 0 unspecified atom stereocenters. The van der Waals surface area contributed by atoms with Gasteiger partial charge in [-0.1, -0.05) is 31.4 Å². The molecule has 2 rings (SSSR count). The van der Waals surface area contributed by atoms with Gasteiger partial charge in [0.25, 0.3) is 0 Å². The first-order valence-corrected chi connectivity index (χ1v) is 5.29. The molecule has 1 aliphatic carbocycles.